The van der Waals surface area contributed by atoms with Gasteiger partial charge in [-0.2, -0.15) is 5.26 Å². The van der Waals surface area contributed by atoms with Gasteiger partial charge in [0.15, 0.2) is 0 Å². The van der Waals surface area contributed by atoms with Gasteiger partial charge < -0.3 is 5.11 Å². The quantitative estimate of drug-likeness (QED) is 0.742. The molecule has 1 aliphatic carbocycles. The van der Waals surface area contributed by atoms with E-state index in [1.165, 1.54) is 0 Å². The van der Waals surface area contributed by atoms with E-state index in [0.717, 1.165) is 12.0 Å². The SMILES string of the molecule is CC(C)C/C(C#N)=C/C1C(C(=O)O)C1(C)C. The van der Waals surface area contributed by atoms with Gasteiger partial charge in [0, 0.05) is 5.57 Å². The first-order valence-corrected chi connectivity index (χ1v) is 5.64. The fraction of sp³-hybridized carbons (Fsp3) is 0.692. The van der Waals surface area contributed by atoms with Crippen LogP contribution >= 0.6 is 0 Å². The Morgan fingerprint density at radius 3 is 2.44 bits per heavy atom. The molecule has 0 saturated heterocycles. The Hall–Kier alpha value is -1.30. The molecule has 1 rings (SSSR count). The van der Waals surface area contributed by atoms with Crippen LogP contribution in [0.2, 0.25) is 0 Å². The fourth-order valence-corrected chi connectivity index (χ4v) is 2.27. The van der Waals surface area contributed by atoms with Crippen molar-refractivity contribution in [2.24, 2.45) is 23.2 Å². The molecule has 0 bridgehead atoms. The van der Waals surface area contributed by atoms with Gasteiger partial charge in [-0.05, 0) is 23.7 Å². The standard InChI is InChI=1S/C13H19NO2/c1-8(2)5-9(7-14)6-10-11(12(15)16)13(10,3)4/h6,8,10-11H,5H2,1-4H3,(H,15,16)/b9-6-. The van der Waals surface area contributed by atoms with E-state index < -0.39 is 5.97 Å². The predicted octanol–water partition coefficient (Wildman–Crippen LogP) is 2.84. The lowest BCUT2D eigenvalue weighted by atomic mass is 10.0. The monoisotopic (exact) mass is 221 g/mol. The normalized spacial score (nSPS) is 27.6. The molecule has 1 saturated carbocycles. The zero-order valence-corrected chi connectivity index (χ0v) is 10.3. The second-order valence-electron chi connectivity index (χ2n) is 5.56. The molecule has 2 unspecified atom stereocenters. The molecular formula is C13H19NO2. The summed E-state index contributed by atoms with van der Waals surface area (Å²) >= 11 is 0. The van der Waals surface area contributed by atoms with Gasteiger partial charge in [0.1, 0.15) is 0 Å². The lowest BCUT2D eigenvalue weighted by molar-refractivity contribution is -0.139. The highest BCUT2D eigenvalue weighted by Gasteiger charge is 2.60. The second-order valence-corrected chi connectivity index (χ2v) is 5.56. The summed E-state index contributed by atoms with van der Waals surface area (Å²) in [5.74, 6) is -0.648. The van der Waals surface area contributed by atoms with Crippen molar-refractivity contribution in [3.05, 3.63) is 11.6 Å². The van der Waals surface area contributed by atoms with Gasteiger partial charge in [0.05, 0.1) is 12.0 Å². The van der Waals surface area contributed by atoms with Crippen LogP contribution in [0.1, 0.15) is 34.1 Å². The molecule has 1 fully saturated rings. The van der Waals surface area contributed by atoms with Crippen molar-refractivity contribution in [2.75, 3.05) is 0 Å². The van der Waals surface area contributed by atoms with Gasteiger partial charge >= 0.3 is 5.97 Å². The molecule has 0 radical (unpaired) electrons. The Labute approximate surface area is 96.8 Å². The molecule has 3 heteroatoms. The molecule has 1 aliphatic rings. The van der Waals surface area contributed by atoms with Crippen LogP contribution in [0, 0.1) is 34.5 Å². The van der Waals surface area contributed by atoms with Crippen LogP contribution in [0.15, 0.2) is 11.6 Å². The van der Waals surface area contributed by atoms with E-state index in [0.29, 0.717) is 5.92 Å². The first-order chi connectivity index (χ1) is 7.30. The molecular weight excluding hydrogens is 202 g/mol. The smallest absolute Gasteiger partial charge is 0.307 e. The maximum Gasteiger partial charge on any atom is 0.307 e. The number of nitriles is 1. The summed E-state index contributed by atoms with van der Waals surface area (Å²) in [5, 5.41) is 18.0. The van der Waals surface area contributed by atoms with Crippen molar-refractivity contribution in [2.45, 2.75) is 34.1 Å². The molecule has 0 amide bonds. The van der Waals surface area contributed by atoms with Crippen LogP contribution in [0.4, 0.5) is 0 Å². The van der Waals surface area contributed by atoms with Gasteiger partial charge in [-0.3, -0.25) is 4.79 Å². The van der Waals surface area contributed by atoms with Gasteiger partial charge in [0.2, 0.25) is 0 Å². The minimum atomic E-state index is -0.756. The molecule has 0 aromatic heterocycles. The van der Waals surface area contributed by atoms with Gasteiger partial charge in [-0.15, -0.1) is 0 Å². The lowest BCUT2D eigenvalue weighted by Crippen LogP contribution is -2.03. The lowest BCUT2D eigenvalue weighted by Gasteiger charge is -2.03. The molecule has 0 aliphatic heterocycles. The summed E-state index contributed by atoms with van der Waals surface area (Å²) in [5.41, 5.74) is 0.516. The third kappa shape index (κ3) is 2.44. The third-order valence-corrected chi connectivity index (χ3v) is 3.33. The van der Waals surface area contributed by atoms with Gasteiger partial charge in [-0.1, -0.05) is 33.8 Å². The second kappa shape index (κ2) is 4.29. The van der Waals surface area contributed by atoms with Crippen molar-refractivity contribution < 1.29 is 9.90 Å². The highest BCUT2D eigenvalue weighted by Crippen LogP contribution is 2.59. The number of carboxylic acid groups (broad SMARTS) is 1. The Morgan fingerprint density at radius 2 is 2.12 bits per heavy atom. The number of carboxylic acids is 1. The first kappa shape index (κ1) is 12.8. The van der Waals surface area contributed by atoms with Crippen LogP contribution in [0.25, 0.3) is 0 Å². The number of hydrogen-bond acceptors (Lipinski definition) is 2. The Morgan fingerprint density at radius 1 is 1.56 bits per heavy atom. The molecule has 0 heterocycles. The number of aliphatic carboxylic acids is 1. The van der Waals surface area contributed by atoms with E-state index in [2.05, 4.69) is 19.9 Å². The predicted molar refractivity (Wildman–Crippen MR) is 61.5 cm³/mol. The van der Waals surface area contributed by atoms with Crippen molar-refractivity contribution in [3.63, 3.8) is 0 Å². The van der Waals surface area contributed by atoms with E-state index >= 15 is 0 Å². The number of nitrogens with zero attached hydrogens (tertiary/aromatic N) is 1. The average molecular weight is 221 g/mol. The Bertz CT molecular complexity index is 361. The Kier molecular flexibility index (Phi) is 3.42. The number of carbonyl (C=O) groups is 1. The summed E-state index contributed by atoms with van der Waals surface area (Å²) in [6.07, 6.45) is 2.59. The van der Waals surface area contributed by atoms with Gasteiger partial charge in [-0.25, -0.2) is 0 Å². The summed E-state index contributed by atoms with van der Waals surface area (Å²) in [4.78, 5) is 11.0. The number of rotatable bonds is 4. The van der Waals surface area contributed by atoms with Crippen molar-refractivity contribution in [3.8, 4) is 6.07 Å². The van der Waals surface area contributed by atoms with E-state index in [1.54, 1.807) is 0 Å². The van der Waals surface area contributed by atoms with E-state index in [1.807, 2.05) is 19.9 Å². The van der Waals surface area contributed by atoms with Crippen molar-refractivity contribution in [1.82, 2.24) is 0 Å². The molecule has 3 nitrogen and oxygen atoms in total. The molecule has 0 spiro atoms. The average Bonchev–Trinajstić information content (AvgIpc) is 2.66. The summed E-state index contributed by atoms with van der Waals surface area (Å²) in [6, 6.07) is 2.17. The summed E-state index contributed by atoms with van der Waals surface area (Å²) < 4.78 is 0. The maximum atomic E-state index is 11.0. The minimum Gasteiger partial charge on any atom is -0.481 e. The first-order valence-electron chi connectivity index (χ1n) is 5.64. The minimum absolute atomic E-state index is 0.0124. The molecule has 1 N–H and O–H groups in total. The van der Waals surface area contributed by atoms with Crippen molar-refractivity contribution >= 4 is 5.97 Å². The number of allylic oxidation sites excluding steroid dienone is 2. The van der Waals surface area contributed by atoms with Crippen LogP contribution < -0.4 is 0 Å². The largest absolute Gasteiger partial charge is 0.481 e. The van der Waals surface area contributed by atoms with Crippen LogP contribution in [0.5, 0.6) is 0 Å². The molecule has 88 valence electrons. The zero-order chi connectivity index (χ0) is 12.5. The Balaban J connectivity index is 2.78. The van der Waals surface area contributed by atoms with E-state index in [-0.39, 0.29) is 17.3 Å². The van der Waals surface area contributed by atoms with Gasteiger partial charge in [0.25, 0.3) is 0 Å². The van der Waals surface area contributed by atoms with Crippen LogP contribution in [-0.2, 0) is 4.79 Å². The van der Waals surface area contributed by atoms with Crippen LogP contribution in [0.3, 0.4) is 0 Å². The highest BCUT2D eigenvalue weighted by atomic mass is 16.4. The highest BCUT2D eigenvalue weighted by molar-refractivity contribution is 5.76. The molecule has 0 aromatic carbocycles. The summed E-state index contributed by atoms with van der Waals surface area (Å²) in [6.45, 7) is 7.99. The third-order valence-electron chi connectivity index (χ3n) is 3.33. The maximum absolute atomic E-state index is 11.0. The van der Waals surface area contributed by atoms with E-state index in [4.69, 9.17) is 10.4 Å². The van der Waals surface area contributed by atoms with Crippen LogP contribution in [-0.4, -0.2) is 11.1 Å². The molecule has 0 aromatic rings. The number of hydrogen-bond donors (Lipinski definition) is 1. The fourth-order valence-electron chi connectivity index (χ4n) is 2.27. The molecule has 16 heavy (non-hydrogen) atoms. The summed E-state index contributed by atoms with van der Waals surface area (Å²) in [7, 11) is 0. The zero-order valence-electron chi connectivity index (χ0n) is 10.3. The van der Waals surface area contributed by atoms with Crippen molar-refractivity contribution in [1.29, 1.82) is 5.26 Å². The topological polar surface area (TPSA) is 61.1 Å². The molecule has 2 atom stereocenters. The van der Waals surface area contributed by atoms with E-state index in [9.17, 15) is 4.79 Å².